The SMILES string of the molecule is C.C=C(O)c1ccc(C(C)C)cc1.C=C(O)c1ccc(C(C)C)cn1.C=C(O)c1ccc(C(C)C)nc1.CC(=O)C1CC(C(C)C)C1. The number of benzene rings is 1. The van der Waals surface area contributed by atoms with Gasteiger partial charge in [0.1, 0.15) is 28.8 Å². The number of aliphatic hydroxyl groups is 3. The third kappa shape index (κ3) is 15.3. The number of pyridine rings is 2. The zero-order chi connectivity index (χ0) is 35.1. The van der Waals surface area contributed by atoms with Crippen molar-refractivity contribution in [1.82, 2.24) is 9.97 Å². The minimum absolute atomic E-state index is 0. The van der Waals surface area contributed by atoms with Gasteiger partial charge in [0, 0.05) is 35.1 Å². The summed E-state index contributed by atoms with van der Waals surface area (Å²) in [5.74, 6) is 4.04. The fourth-order valence-electron chi connectivity index (χ4n) is 4.43. The first-order chi connectivity index (χ1) is 21.4. The van der Waals surface area contributed by atoms with Gasteiger partial charge in [0.2, 0.25) is 0 Å². The summed E-state index contributed by atoms with van der Waals surface area (Å²) in [7, 11) is 0. The highest BCUT2D eigenvalue weighted by molar-refractivity contribution is 5.79. The Balaban J connectivity index is 0.000000597. The highest BCUT2D eigenvalue weighted by Gasteiger charge is 2.33. The molecule has 2 aromatic heterocycles. The Morgan fingerprint density at radius 1 is 0.660 bits per heavy atom. The van der Waals surface area contributed by atoms with Crippen molar-refractivity contribution in [2.45, 2.75) is 100 Å². The molecule has 1 aromatic carbocycles. The van der Waals surface area contributed by atoms with Gasteiger partial charge >= 0.3 is 0 Å². The second kappa shape index (κ2) is 20.8. The first-order valence-corrected chi connectivity index (χ1v) is 16.1. The number of hydrogen-bond acceptors (Lipinski definition) is 6. The van der Waals surface area contributed by atoms with Gasteiger partial charge in [0.15, 0.2) is 0 Å². The number of rotatable bonds is 8. The van der Waals surface area contributed by atoms with Crippen molar-refractivity contribution in [3.63, 3.8) is 0 Å². The van der Waals surface area contributed by atoms with Gasteiger partial charge in [-0.3, -0.25) is 14.8 Å². The van der Waals surface area contributed by atoms with Crippen molar-refractivity contribution < 1.29 is 20.1 Å². The molecule has 0 aliphatic heterocycles. The first kappa shape index (κ1) is 42.8. The molecule has 4 rings (SSSR count). The van der Waals surface area contributed by atoms with E-state index in [1.807, 2.05) is 42.5 Å². The number of carbonyl (C=O) groups is 1. The van der Waals surface area contributed by atoms with E-state index in [1.165, 1.54) is 11.1 Å². The average molecular weight is 645 g/mol. The number of aromatic nitrogens is 2. The molecule has 0 bridgehead atoms. The predicted octanol–water partition coefficient (Wildman–Crippen LogP) is 11.7. The summed E-state index contributed by atoms with van der Waals surface area (Å²) in [5.41, 5.74) is 5.48. The summed E-state index contributed by atoms with van der Waals surface area (Å²) >= 11 is 0. The van der Waals surface area contributed by atoms with E-state index >= 15 is 0 Å². The van der Waals surface area contributed by atoms with E-state index in [-0.39, 0.29) is 24.7 Å². The van der Waals surface area contributed by atoms with Crippen molar-refractivity contribution >= 4 is 23.1 Å². The zero-order valence-corrected chi connectivity index (χ0v) is 29.4. The molecule has 6 nitrogen and oxygen atoms in total. The third-order valence-electron chi connectivity index (χ3n) is 8.06. The van der Waals surface area contributed by atoms with E-state index in [0.717, 1.165) is 35.9 Å². The summed E-state index contributed by atoms with van der Waals surface area (Å²) in [6, 6.07) is 15.3. The number of ketones is 1. The lowest BCUT2D eigenvalue weighted by atomic mass is 9.68. The van der Waals surface area contributed by atoms with Crippen molar-refractivity contribution in [3.05, 3.63) is 114 Å². The van der Waals surface area contributed by atoms with Crippen LogP contribution in [0.5, 0.6) is 0 Å². The van der Waals surface area contributed by atoms with Crippen LogP contribution in [0.15, 0.2) is 80.7 Å². The maximum atomic E-state index is 10.8. The van der Waals surface area contributed by atoms with Crippen LogP contribution in [0.3, 0.4) is 0 Å². The Kier molecular flexibility index (Phi) is 19.0. The minimum atomic E-state index is 0. The van der Waals surface area contributed by atoms with Gasteiger partial charge in [-0.2, -0.15) is 0 Å². The summed E-state index contributed by atoms with van der Waals surface area (Å²) in [5, 5.41) is 27.1. The van der Waals surface area contributed by atoms with Gasteiger partial charge in [0.05, 0.1) is 0 Å². The molecule has 1 aliphatic rings. The maximum absolute atomic E-state index is 10.8. The van der Waals surface area contributed by atoms with Crippen LogP contribution in [0.25, 0.3) is 17.3 Å². The fraction of sp³-hybridized carbons (Fsp3) is 0.439. The molecule has 2 heterocycles. The van der Waals surface area contributed by atoms with Gasteiger partial charge < -0.3 is 15.3 Å². The van der Waals surface area contributed by atoms with Crippen LogP contribution < -0.4 is 0 Å². The standard InChI is InChI=1S/C11H14O.2C10H13NO.C9H16O.CH4/c1-8(2)10-4-6-11(7-5-10)9(3)12;1-7(2)10-5-4-9(6-11-10)8(3)12;1-7(2)9-4-5-10(8(3)12)11-6-9;1-6(2)8-4-9(5-8)7(3)10;/h4-8,12H,3H2,1-2H3;2*4-7,12H,3H2,1-2H3;6,8-9H,4-5H2,1-3H3;1H4. The number of Topliss-reactive ketones (excluding diaryl/α,β-unsaturated/α-hetero) is 1. The lowest BCUT2D eigenvalue weighted by molar-refractivity contribution is -0.125. The second-order valence-corrected chi connectivity index (χ2v) is 13.2. The van der Waals surface area contributed by atoms with Crippen LogP contribution in [0.4, 0.5) is 0 Å². The van der Waals surface area contributed by atoms with E-state index in [0.29, 0.717) is 40.7 Å². The van der Waals surface area contributed by atoms with E-state index < -0.39 is 0 Å². The fourth-order valence-corrected chi connectivity index (χ4v) is 4.43. The van der Waals surface area contributed by atoms with Gasteiger partial charge in [-0.1, -0.05) is 113 Å². The predicted molar refractivity (Wildman–Crippen MR) is 201 cm³/mol. The molecule has 47 heavy (non-hydrogen) atoms. The molecule has 1 saturated carbocycles. The Morgan fingerprint density at radius 3 is 1.47 bits per heavy atom. The average Bonchev–Trinajstić information content (AvgIpc) is 2.97. The summed E-state index contributed by atoms with van der Waals surface area (Å²) < 4.78 is 0. The lowest BCUT2D eigenvalue weighted by Crippen LogP contribution is -2.31. The molecule has 3 aromatic rings. The van der Waals surface area contributed by atoms with E-state index in [2.05, 4.69) is 85.1 Å². The van der Waals surface area contributed by atoms with Gasteiger partial charge in [-0.15, -0.1) is 0 Å². The van der Waals surface area contributed by atoms with Crippen LogP contribution in [-0.2, 0) is 4.79 Å². The zero-order valence-electron chi connectivity index (χ0n) is 29.4. The minimum Gasteiger partial charge on any atom is -0.508 e. The Morgan fingerprint density at radius 2 is 1.15 bits per heavy atom. The third-order valence-corrected chi connectivity index (χ3v) is 8.06. The summed E-state index contributed by atoms with van der Waals surface area (Å²) in [6.45, 7) is 29.1. The first-order valence-electron chi connectivity index (χ1n) is 16.1. The Labute approximate surface area is 285 Å². The van der Waals surface area contributed by atoms with E-state index in [4.69, 9.17) is 15.3 Å². The number of carbonyl (C=O) groups excluding carboxylic acids is 1. The van der Waals surface area contributed by atoms with Crippen molar-refractivity contribution in [1.29, 1.82) is 0 Å². The van der Waals surface area contributed by atoms with Crippen LogP contribution in [0.2, 0.25) is 0 Å². The molecule has 0 unspecified atom stereocenters. The molecule has 258 valence electrons. The molecule has 0 radical (unpaired) electrons. The van der Waals surface area contributed by atoms with Gasteiger partial charge in [-0.25, -0.2) is 0 Å². The highest BCUT2D eigenvalue weighted by Crippen LogP contribution is 2.38. The maximum Gasteiger partial charge on any atom is 0.134 e. The normalized spacial score (nSPS) is 14.7. The molecule has 0 spiro atoms. The van der Waals surface area contributed by atoms with Crippen molar-refractivity contribution in [2.75, 3.05) is 0 Å². The van der Waals surface area contributed by atoms with E-state index in [9.17, 15) is 4.79 Å². The summed E-state index contributed by atoms with van der Waals surface area (Å²) in [6.07, 6.45) is 5.69. The largest absolute Gasteiger partial charge is 0.508 e. The number of hydrogen-bond donors (Lipinski definition) is 3. The van der Waals surface area contributed by atoms with Crippen LogP contribution in [-0.4, -0.2) is 31.1 Å². The molecule has 6 heteroatoms. The monoisotopic (exact) mass is 644 g/mol. The molecule has 0 saturated heterocycles. The quantitative estimate of drug-likeness (QED) is 0.211. The molecule has 0 amide bonds. The molecule has 3 N–H and O–H groups in total. The molecule has 1 aliphatic carbocycles. The topological polar surface area (TPSA) is 104 Å². The van der Waals surface area contributed by atoms with Crippen LogP contribution >= 0.6 is 0 Å². The van der Waals surface area contributed by atoms with Crippen LogP contribution in [0.1, 0.15) is 134 Å². The Bertz CT molecular complexity index is 1230. The highest BCUT2D eigenvalue weighted by atomic mass is 16.3. The molecule has 1 fully saturated rings. The summed E-state index contributed by atoms with van der Waals surface area (Å²) in [4.78, 5) is 19.0. The van der Waals surface area contributed by atoms with E-state index in [1.54, 1.807) is 25.4 Å². The Hall–Kier alpha value is -4.19. The number of aliphatic hydroxyl groups excluding tert-OH is 3. The number of nitrogens with zero attached hydrogens (tertiary/aromatic N) is 2. The molecular formula is C41H60N2O4. The smallest absolute Gasteiger partial charge is 0.134 e. The van der Waals surface area contributed by atoms with Gasteiger partial charge in [0.25, 0.3) is 0 Å². The van der Waals surface area contributed by atoms with Crippen molar-refractivity contribution in [3.8, 4) is 0 Å². The lowest BCUT2D eigenvalue weighted by Gasteiger charge is -2.36. The van der Waals surface area contributed by atoms with Crippen molar-refractivity contribution in [2.24, 2.45) is 17.8 Å². The second-order valence-electron chi connectivity index (χ2n) is 13.2. The van der Waals surface area contributed by atoms with Gasteiger partial charge in [-0.05, 0) is 78.7 Å². The molecule has 0 atom stereocenters. The van der Waals surface area contributed by atoms with Crippen LogP contribution in [0, 0.1) is 17.8 Å². The molecular weight excluding hydrogens is 584 g/mol.